The van der Waals surface area contributed by atoms with Crippen LogP contribution in [-0.4, -0.2) is 23.3 Å². The second-order valence-corrected chi connectivity index (χ2v) is 2.28. The Bertz CT molecular complexity index is 291. The molecule has 1 heterocycles. The van der Waals surface area contributed by atoms with Gasteiger partial charge in [0.1, 0.15) is 18.4 Å². The monoisotopic (exact) mass is 183 g/mol. The Kier molecular flexibility index (Phi) is 3.19. The van der Waals surface area contributed by atoms with Crippen LogP contribution in [0.5, 0.6) is 0 Å². The number of nitrogens with zero attached hydrogens (tertiary/aromatic N) is 1. The fourth-order valence-electron chi connectivity index (χ4n) is 0.784. The van der Waals surface area contributed by atoms with Gasteiger partial charge in [0.25, 0.3) is 0 Å². The second kappa shape index (κ2) is 4.39. The van der Waals surface area contributed by atoms with Crippen molar-refractivity contribution in [3.05, 3.63) is 18.4 Å². The highest BCUT2D eigenvalue weighted by atomic mass is 16.5. The Morgan fingerprint density at radius 3 is 2.92 bits per heavy atom. The third-order valence-electron chi connectivity index (χ3n) is 1.33. The fraction of sp³-hybridized carbons (Fsp3) is 0.375. The molecule has 13 heavy (non-hydrogen) atoms. The largest absolute Gasteiger partial charge is 0.466 e. The molecule has 0 spiro atoms. The normalized spacial score (nSPS) is 9.62. The van der Waals surface area contributed by atoms with Crippen molar-refractivity contribution in [2.75, 3.05) is 6.61 Å². The summed E-state index contributed by atoms with van der Waals surface area (Å²) in [6, 6.07) is 0. The number of rotatable bonds is 4. The number of oxazole rings is 1. The van der Waals surface area contributed by atoms with Gasteiger partial charge >= 0.3 is 5.97 Å². The highest BCUT2D eigenvalue weighted by molar-refractivity contribution is 6.04. The maximum atomic E-state index is 11.2. The number of hydrogen-bond donors (Lipinski definition) is 0. The smallest absolute Gasteiger partial charge is 0.313 e. The molecule has 1 rings (SSSR count). The Labute approximate surface area is 74.7 Å². The molecule has 0 aliphatic heterocycles. The number of carbonyl (C=O) groups excluding carboxylic acids is 2. The number of hydrogen-bond acceptors (Lipinski definition) is 5. The summed E-state index contributed by atoms with van der Waals surface area (Å²) in [5, 5.41) is 0. The van der Waals surface area contributed by atoms with E-state index in [0.29, 0.717) is 0 Å². The van der Waals surface area contributed by atoms with Crippen LogP contribution in [0.3, 0.4) is 0 Å². The maximum absolute atomic E-state index is 11.2. The zero-order chi connectivity index (χ0) is 9.68. The summed E-state index contributed by atoms with van der Waals surface area (Å²) < 4.78 is 9.19. The molecule has 0 amide bonds. The molecule has 0 N–H and O–H groups in total. The van der Waals surface area contributed by atoms with Gasteiger partial charge in [-0.1, -0.05) is 0 Å². The lowest BCUT2D eigenvalue weighted by atomic mass is 10.2. The van der Waals surface area contributed by atoms with Gasteiger partial charge in [-0.3, -0.25) is 9.59 Å². The maximum Gasteiger partial charge on any atom is 0.313 e. The molecule has 0 aliphatic carbocycles. The minimum atomic E-state index is -0.546. The van der Waals surface area contributed by atoms with E-state index >= 15 is 0 Å². The Hall–Kier alpha value is -1.65. The van der Waals surface area contributed by atoms with Crippen LogP contribution in [0, 0.1) is 0 Å². The zero-order valence-corrected chi connectivity index (χ0v) is 7.15. The molecule has 0 saturated carbocycles. The van der Waals surface area contributed by atoms with Crippen molar-refractivity contribution in [1.82, 2.24) is 4.98 Å². The summed E-state index contributed by atoms with van der Waals surface area (Å²) >= 11 is 0. The topological polar surface area (TPSA) is 69.4 Å². The number of Topliss-reactive ketones (excluding diaryl/α,β-unsaturated/α-hetero) is 1. The third-order valence-corrected chi connectivity index (χ3v) is 1.33. The Balaban J connectivity index is 2.47. The first-order valence-electron chi connectivity index (χ1n) is 3.81. The summed E-state index contributed by atoms with van der Waals surface area (Å²) in [5.74, 6) is -0.942. The second-order valence-electron chi connectivity index (χ2n) is 2.28. The SMILES string of the molecule is CCOC(=O)CC(=O)c1cocn1. The number of aromatic nitrogens is 1. The fourth-order valence-corrected chi connectivity index (χ4v) is 0.784. The van der Waals surface area contributed by atoms with Crippen LogP contribution in [0.1, 0.15) is 23.8 Å². The van der Waals surface area contributed by atoms with Crippen molar-refractivity contribution in [3.63, 3.8) is 0 Å². The van der Waals surface area contributed by atoms with Gasteiger partial charge in [-0.2, -0.15) is 0 Å². The van der Waals surface area contributed by atoms with Crippen molar-refractivity contribution >= 4 is 11.8 Å². The van der Waals surface area contributed by atoms with Crippen LogP contribution < -0.4 is 0 Å². The first kappa shape index (κ1) is 9.44. The number of carbonyl (C=O) groups is 2. The summed E-state index contributed by atoms with van der Waals surface area (Å²) in [4.78, 5) is 25.6. The van der Waals surface area contributed by atoms with Crippen LogP contribution in [0.25, 0.3) is 0 Å². The van der Waals surface area contributed by atoms with Gasteiger partial charge < -0.3 is 9.15 Å². The Morgan fingerprint density at radius 2 is 2.38 bits per heavy atom. The van der Waals surface area contributed by atoms with Gasteiger partial charge in [0.2, 0.25) is 0 Å². The van der Waals surface area contributed by atoms with Gasteiger partial charge in [-0.25, -0.2) is 4.98 Å². The average molecular weight is 183 g/mol. The molecule has 1 aromatic rings. The lowest BCUT2D eigenvalue weighted by Gasteiger charge is -1.97. The van der Waals surface area contributed by atoms with Crippen LogP contribution in [0.2, 0.25) is 0 Å². The van der Waals surface area contributed by atoms with Crippen molar-refractivity contribution in [3.8, 4) is 0 Å². The molecular formula is C8H9NO4. The van der Waals surface area contributed by atoms with E-state index in [1.54, 1.807) is 6.92 Å². The van der Waals surface area contributed by atoms with Crippen molar-refractivity contribution in [2.24, 2.45) is 0 Å². The average Bonchev–Trinajstić information content (AvgIpc) is 2.55. The molecule has 70 valence electrons. The van der Waals surface area contributed by atoms with Crippen molar-refractivity contribution < 1.29 is 18.7 Å². The molecule has 0 saturated heterocycles. The first-order chi connectivity index (χ1) is 6.24. The molecular weight excluding hydrogens is 174 g/mol. The van der Waals surface area contributed by atoms with E-state index in [2.05, 4.69) is 14.1 Å². The van der Waals surface area contributed by atoms with Crippen LogP contribution in [-0.2, 0) is 9.53 Å². The molecule has 0 fully saturated rings. The molecule has 5 heteroatoms. The van der Waals surface area contributed by atoms with E-state index in [4.69, 9.17) is 0 Å². The molecule has 0 aromatic carbocycles. The summed E-state index contributed by atoms with van der Waals surface area (Å²) in [7, 11) is 0. The molecule has 5 nitrogen and oxygen atoms in total. The van der Waals surface area contributed by atoms with Crippen LogP contribution in [0.15, 0.2) is 17.1 Å². The van der Waals surface area contributed by atoms with Crippen LogP contribution in [0.4, 0.5) is 0 Å². The van der Waals surface area contributed by atoms with E-state index < -0.39 is 11.8 Å². The van der Waals surface area contributed by atoms with E-state index in [1.165, 1.54) is 6.26 Å². The summed E-state index contributed by atoms with van der Waals surface area (Å²) in [5.41, 5.74) is 0.146. The lowest BCUT2D eigenvalue weighted by Crippen LogP contribution is -2.11. The number of esters is 1. The van der Waals surface area contributed by atoms with E-state index in [0.717, 1.165) is 6.39 Å². The number of ether oxygens (including phenoxy) is 1. The van der Waals surface area contributed by atoms with Crippen LogP contribution >= 0.6 is 0 Å². The predicted molar refractivity (Wildman–Crippen MR) is 42.1 cm³/mol. The minimum absolute atomic E-state index is 0.146. The minimum Gasteiger partial charge on any atom is -0.466 e. The zero-order valence-electron chi connectivity index (χ0n) is 7.15. The highest BCUT2D eigenvalue weighted by Gasteiger charge is 2.14. The third kappa shape index (κ3) is 2.70. The first-order valence-corrected chi connectivity index (χ1v) is 3.81. The Morgan fingerprint density at radius 1 is 1.62 bits per heavy atom. The molecule has 1 aromatic heterocycles. The summed E-state index contributed by atoms with van der Waals surface area (Å²) in [6.45, 7) is 1.95. The lowest BCUT2D eigenvalue weighted by molar-refractivity contribution is -0.141. The molecule has 0 unspecified atom stereocenters. The molecule has 0 radical (unpaired) electrons. The van der Waals surface area contributed by atoms with E-state index in [-0.39, 0.29) is 18.7 Å². The van der Waals surface area contributed by atoms with Gasteiger partial charge in [0.15, 0.2) is 12.2 Å². The van der Waals surface area contributed by atoms with E-state index in [1.807, 2.05) is 0 Å². The van der Waals surface area contributed by atoms with Crippen molar-refractivity contribution in [1.29, 1.82) is 0 Å². The van der Waals surface area contributed by atoms with Gasteiger partial charge in [0, 0.05) is 0 Å². The standard InChI is InChI=1S/C8H9NO4/c1-2-13-8(11)3-7(10)6-4-12-5-9-6/h4-5H,2-3H2,1H3. The molecule has 0 aliphatic rings. The van der Waals surface area contributed by atoms with Gasteiger partial charge in [-0.15, -0.1) is 0 Å². The number of ketones is 1. The van der Waals surface area contributed by atoms with Gasteiger partial charge in [-0.05, 0) is 6.92 Å². The predicted octanol–water partition coefficient (Wildman–Crippen LogP) is 0.810. The van der Waals surface area contributed by atoms with Crippen molar-refractivity contribution in [2.45, 2.75) is 13.3 Å². The highest BCUT2D eigenvalue weighted by Crippen LogP contribution is 2.00. The molecule has 0 bridgehead atoms. The summed E-state index contributed by atoms with van der Waals surface area (Å²) in [6.07, 6.45) is 2.04. The molecule has 0 atom stereocenters. The van der Waals surface area contributed by atoms with Gasteiger partial charge in [0.05, 0.1) is 6.61 Å². The quantitative estimate of drug-likeness (QED) is 0.392. The van der Waals surface area contributed by atoms with E-state index in [9.17, 15) is 9.59 Å².